The van der Waals surface area contributed by atoms with Crippen molar-refractivity contribution in [2.24, 2.45) is 5.92 Å². The molecule has 2 aliphatic heterocycles. The Morgan fingerprint density at radius 3 is 3.00 bits per heavy atom. The molecular weight excluding hydrogens is 324 g/mol. The molecule has 2 aromatic carbocycles. The fourth-order valence-electron chi connectivity index (χ4n) is 3.66. The van der Waals surface area contributed by atoms with Gasteiger partial charge in [0.1, 0.15) is 5.75 Å². The van der Waals surface area contributed by atoms with Gasteiger partial charge in [-0.1, -0.05) is 24.3 Å². The zero-order valence-electron chi connectivity index (χ0n) is 14.9. The number of anilines is 1. The SMILES string of the molecule is O=C(/C=C\c1ccc2c(c1)CCO2)NC[C@H]1CCN(c2ccccc2)C1. The minimum absolute atomic E-state index is 0.0279. The molecule has 1 fully saturated rings. The van der Waals surface area contributed by atoms with E-state index in [4.69, 9.17) is 4.74 Å². The summed E-state index contributed by atoms with van der Waals surface area (Å²) in [6.07, 6.45) is 5.56. The Bertz CT molecular complexity index is 801. The van der Waals surface area contributed by atoms with Gasteiger partial charge in [0.05, 0.1) is 6.61 Å². The summed E-state index contributed by atoms with van der Waals surface area (Å²) in [6.45, 7) is 3.53. The fourth-order valence-corrected chi connectivity index (χ4v) is 3.66. The Balaban J connectivity index is 1.25. The van der Waals surface area contributed by atoms with Crippen molar-refractivity contribution in [3.05, 3.63) is 65.7 Å². The van der Waals surface area contributed by atoms with E-state index >= 15 is 0 Å². The van der Waals surface area contributed by atoms with Crippen LogP contribution in [0.25, 0.3) is 6.08 Å². The summed E-state index contributed by atoms with van der Waals surface area (Å²) in [7, 11) is 0. The van der Waals surface area contributed by atoms with Gasteiger partial charge in [0.25, 0.3) is 0 Å². The maximum atomic E-state index is 12.1. The molecule has 4 rings (SSSR count). The van der Waals surface area contributed by atoms with Gasteiger partial charge < -0.3 is 15.0 Å². The van der Waals surface area contributed by atoms with Gasteiger partial charge in [-0.05, 0) is 53.8 Å². The standard InChI is InChI=1S/C22H24N2O2/c25-22(9-7-17-6-8-21-19(14-17)11-13-26-21)23-15-18-10-12-24(16-18)20-4-2-1-3-5-20/h1-9,14,18H,10-13,15-16H2,(H,23,25)/b9-7-/t18-/m1/s1. The number of para-hydroxylation sites is 1. The lowest BCUT2D eigenvalue weighted by molar-refractivity contribution is -0.116. The van der Waals surface area contributed by atoms with E-state index in [9.17, 15) is 4.79 Å². The molecule has 0 radical (unpaired) electrons. The Morgan fingerprint density at radius 2 is 2.12 bits per heavy atom. The number of carbonyl (C=O) groups is 1. The Morgan fingerprint density at radius 1 is 1.23 bits per heavy atom. The summed E-state index contributed by atoms with van der Waals surface area (Å²) >= 11 is 0. The number of ether oxygens (including phenoxy) is 1. The lowest BCUT2D eigenvalue weighted by Crippen LogP contribution is -2.29. The first-order chi connectivity index (χ1) is 12.8. The number of amides is 1. The van der Waals surface area contributed by atoms with Gasteiger partial charge in [0.15, 0.2) is 0 Å². The first-order valence-corrected chi connectivity index (χ1v) is 9.29. The minimum Gasteiger partial charge on any atom is -0.493 e. The highest BCUT2D eigenvalue weighted by Gasteiger charge is 2.22. The third-order valence-corrected chi connectivity index (χ3v) is 5.11. The van der Waals surface area contributed by atoms with Crippen LogP contribution >= 0.6 is 0 Å². The smallest absolute Gasteiger partial charge is 0.244 e. The fraction of sp³-hybridized carbons (Fsp3) is 0.318. The van der Waals surface area contributed by atoms with Crippen LogP contribution in [0.15, 0.2) is 54.6 Å². The second-order valence-corrected chi connectivity index (χ2v) is 6.98. The van der Waals surface area contributed by atoms with E-state index in [-0.39, 0.29) is 5.91 Å². The summed E-state index contributed by atoms with van der Waals surface area (Å²) in [5, 5.41) is 3.04. The highest BCUT2D eigenvalue weighted by molar-refractivity contribution is 5.91. The third kappa shape index (κ3) is 3.90. The molecule has 1 atom stereocenters. The molecule has 0 spiro atoms. The van der Waals surface area contributed by atoms with E-state index in [1.807, 2.05) is 24.3 Å². The van der Waals surface area contributed by atoms with Crippen LogP contribution in [0.3, 0.4) is 0 Å². The monoisotopic (exact) mass is 348 g/mol. The highest BCUT2D eigenvalue weighted by atomic mass is 16.5. The van der Waals surface area contributed by atoms with Gasteiger partial charge >= 0.3 is 0 Å². The van der Waals surface area contributed by atoms with E-state index in [1.165, 1.54) is 11.3 Å². The van der Waals surface area contributed by atoms with Gasteiger partial charge in [-0.25, -0.2) is 0 Å². The van der Waals surface area contributed by atoms with Crippen molar-refractivity contribution in [1.82, 2.24) is 5.32 Å². The number of rotatable bonds is 5. The molecular formula is C22H24N2O2. The van der Waals surface area contributed by atoms with Crippen LogP contribution in [0.2, 0.25) is 0 Å². The number of nitrogens with one attached hydrogen (secondary N) is 1. The molecule has 0 aromatic heterocycles. The minimum atomic E-state index is -0.0279. The largest absolute Gasteiger partial charge is 0.493 e. The van der Waals surface area contributed by atoms with E-state index in [2.05, 4.69) is 40.5 Å². The Labute approximate surface area is 154 Å². The lowest BCUT2D eigenvalue weighted by atomic mass is 10.1. The maximum Gasteiger partial charge on any atom is 0.244 e. The van der Waals surface area contributed by atoms with Crippen LogP contribution in [0, 0.1) is 5.92 Å². The van der Waals surface area contributed by atoms with Crippen molar-refractivity contribution in [3.8, 4) is 5.75 Å². The van der Waals surface area contributed by atoms with Crippen LogP contribution in [0.4, 0.5) is 5.69 Å². The first kappa shape index (κ1) is 16.7. The number of hydrogen-bond acceptors (Lipinski definition) is 3. The average molecular weight is 348 g/mol. The van der Waals surface area contributed by atoms with Crippen molar-refractivity contribution in [1.29, 1.82) is 0 Å². The molecule has 4 nitrogen and oxygen atoms in total. The normalized spacial score (nSPS) is 18.8. The number of nitrogens with zero attached hydrogens (tertiary/aromatic N) is 1. The van der Waals surface area contributed by atoms with E-state index < -0.39 is 0 Å². The van der Waals surface area contributed by atoms with Crippen molar-refractivity contribution < 1.29 is 9.53 Å². The Hall–Kier alpha value is -2.75. The lowest BCUT2D eigenvalue weighted by Gasteiger charge is -2.18. The summed E-state index contributed by atoms with van der Waals surface area (Å²) in [4.78, 5) is 14.5. The Kier molecular flexibility index (Phi) is 4.91. The molecule has 134 valence electrons. The molecule has 4 heteroatoms. The highest BCUT2D eigenvalue weighted by Crippen LogP contribution is 2.26. The second kappa shape index (κ2) is 7.65. The molecule has 1 saturated heterocycles. The number of benzene rings is 2. The summed E-state index contributed by atoms with van der Waals surface area (Å²) in [5.41, 5.74) is 3.53. The first-order valence-electron chi connectivity index (χ1n) is 9.29. The summed E-state index contributed by atoms with van der Waals surface area (Å²) < 4.78 is 5.51. The molecule has 2 aliphatic rings. The van der Waals surface area contributed by atoms with Gasteiger partial charge in [-0.15, -0.1) is 0 Å². The second-order valence-electron chi connectivity index (χ2n) is 6.98. The van der Waals surface area contributed by atoms with Gasteiger partial charge in [0, 0.05) is 37.8 Å². The molecule has 0 aliphatic carbocycles. The number of carbonyl (C=O) groups excluding carboxylic acids is 1. The molecule has 2 aromatic rings. The zero-order valence-corrected chi connectivity index (χ0v) is 14.9. The van der Waals surface area contributed by atoms with Crippen LogP contribution < -0.4 is 15.0 Å². The number of hydrogen-bond donors (Lipinski definition) is 1. The van der Waals surface area contributed by atoms with Crippen LogP contribution in [0.1, 0.15) is 17.5 Å². The topological polar surface area (TPSA) is 41.6 Å². The van der Waals surface area contributed by atoms with Gasteiger partial charge in [0.2, 0.25) is 5.91 Å². The van der Waals surface area contributed by atoms with Crippen LogP contribution in [-0.2, 0) is 11.2 Å². The van der Waals surface area contributed by atoms with E-state index in [0.29, 0.717) is 5.92 Å². The number of fused-ring (bicyclic) bond motifs is 1. The molecule has 26 heavy (non-hydrogen) atoms. The molecule has 0 saturated carbocycles. The van der Waals surface area contributed by atoms with Crippen molar-refractivity contribution in [2.75, 3.05) is 31.1 Å². The van der Waals surface area contributed by atoms with Crippen LogP contribution in [-0.4, -0.2) is 32.1 Å². The molecule has 1 amide bonds. The summed E-state index contributed by atoms with van der Waals surface area (Å²) in [6, 6.07) is 16.5. The molecule has 1 N–H and O–H groups in total. The van der Waals surface area contributed by atoms with Gasteiger partial charge in [-0.3, -0.25) is 4.79 Å². The summed E-state index contributed by atoms with van der Waals surface area (Å²) in [5.74, 6) is 1.44. The predicted octanol–water partition coefficient (Wildman–Crippen LogP) is 3.28. The van der Waals surface area contributed by atoms with Gasteiger partial charge in [-0.2, -0.15) is 0 Å². The molecule has 2 heterocycles. The predicted molar refractivity (Wildman–Crippen MR) is 104 cm³/mol. The average Bonchev–Trinajstić information content (AvgIpc) is 3.34. The quantitative estimate of drug-likeness (QED) is 0.843. The maximum absolute atomic E-state index is 12.1. The zero-order chi connectivity index (χ0) is 17.8. The molecule has 0 bridgehead atoms. The van der Waals surface area contributed by atoms with E-state index in [0.717, 1.165) is 50.4 Å². The van der Waals surface area contributed by atoms with Crippen molar-refractivity contribution in [2.45, 2.75) is 12.8 Å². The van der Waals surface area contributed by atoms with Crippen molar-refractivity contribution in [3.63, 3.8) is 0 Å². The molecule has 0 unspecified atom stereocenters. The third-order valence-electron chi connectivity index (χ3n) is 5.11. The van der Waals surface area contributed by atoms with Crippen molar-refractivity contribution >= 4 is 17.7 Å². The van der Waals surface area contributed by atoms with E-state index in [1.54, 1.807) is 6.08 Å². The van der Waals surface area contributed by atoms with Crippen LogP contribution in [0.5, 0.6) is 5.75 Å².